The minimum absolute atomic E-state index is 0.0172. The van der Waals surface area contributed by atoms with Gasteiger partial charge >= 0.3 is 0 Å². The highest BCUT2D eigenvalue weighted by atomic mass is 16.2. The average molecular weight is 400 g/mol. The van der Waals surface area contributed by atoms with Gasteiger partial charge in [-0.2, -0.15) is 0 Å². The number of nitrogens with two attached hydrogens (primary N) is 1. The summed E-state index contributed by atoms with van der Waals surface area (Å²) in [6.45, 7) is 2.34. The number of hydrogen-bond acceptors (Lipinski definition) is 3. The number of amidine groups is 1. The molecule has 152 valence electrons. The Morgan fingerprint density at radius 1 is 0.800 bits per heavy atom. The molecule has 0 atom stereocenters. The number of nitrogen functional groups attached to an aromatic ring is 1. The van der Waals surface area contributed by atoms with E-state index in [0.29, 0.717) is 24.2 Å². The van der Waals surface area contributed by atoms with Crippen LogP contribution in [0, 0.1) is 5.41 Å². The van der Waals surface area contributed by atoms with Crippen LogP contribution in [0.25, 0.3) is 11.1 Å². The highest BCUT2D eigenvalue weighted by Gasteiger charge is 2.08. The Balaban J connectivity index is 1.68. The minimum Gasteiger partial charge on any atom is -0.384 e. The molecule has 6 nitrogen and oxygen atoms in total. The Morgan fingerprint density at radius 2 is 1.43 bits per heavy atom. The summed E-state index contributed by atoms with van der Waals surface area (Å²) in [5, 5.41) is 13.1. The molecule has 3 rings (SSSR count). The summed E-state index contributed by atoms with van der Waals surface area (Å²) >= 11 is 0. The molecule has 3 aromatic carbocycles. The lowest BCUT2D eigenvalue weighted by molar-refractivity contribution is -0.119. The first kappa shape index (κ1) is 20.8. The van der Waals surface area contributed by atoms with Gasteiger partial charge in [0.1, 0.15) is 5.84 Å². The van der Waals surface area contributed by atoms with Gasteiger partial charge in [-0.25, -0.2) is 0 Å². The van der Waals surface area contributed by atoms with Crippen molar-refractivity contribution in [2.45, 2.75) is 20.0 Å². The molecular weight excluding hydrogens is 376 g/mol. The summed E-state index contributed by atoms with van der Waals surface area (Å²) in [4.78, 5) is 23.7. The van der Waals surface area contributed by atoms with Gasteiger partial charge in [-0.15, -0.1) is 0 Å². The zero-order chi connectivity index (χ0) is 21.5. The van der Waals surface area contributed by atoms with E-state index in [1.807, 2.05) is 54.6 Å². The standard InChI is InChI=1S/C24H24N4O2/c1-16(29)27-15-18-4-2-5-20(12-18)21-6-3-7-22(13-21)24(30)28-14-17-8-10-19(11-9-17)23(25)26/h2-13H,14-15H2,1H3,(H3,25,26)(H,27,29)(H,28,30). The van der Waals surface area contributed by atoms with E-state index in [4.69, 9.17) is 11.1 Å². The van der Waals surface area contributed by atoms with Crippen molar-refractivity contribution < 1.29 is 9.59 Å². The Morgan fingerprint density at radius 3 is 2.10 bits per heavy atom. The molecule has 3 aromatic rings. The van der Waals surface area contributed by atoms with E-state index in [0.717, 1.165) is 22.3 Å². The van der Waals surface area contributed by atoms with Gasteiger partial charge in [0, 0.05) is 31.1 Å². The molecule has 0 radical (unpaired) electrons. The molecule has 0 saturated heterocycles. The van der Waals surface area contributed by atoms with Crippen molar-refractivity contribution in [1.29, 1.82) is 5.41 Å². The summed E-state index contributed by atoms with van der Waals surface area (Å²) in [7, 11) is 0. The molecule has 0 bridgehead atoms. The predicted octanol–water partition coefficient (Wildman–Crippen LogP) is 3.20. The highest BCUT2D eigenvalue weighted by molar-refractivity contribution is 5.96. The minimum atomic E-state index is -0.165. The smallest absolute Gasteiger partial charge is 0.251 e. The Hall–Kier alpha value is -3.93. The molecule has 0 heterocycles. The molecule has 0 aliphatic heterocycles. The molecule has 0 spiro atoms. The lowest BCUT2D eigenvalue weighted by atomic mass is 10.0. The van der Waals surface area contributed by atoms with Crippen LogP contribution in [0.3, 0.4) is 0 Å². The summed E-state index contributed by atoms with van der Waals surface area (Å²) in [6.07, 6.45) is 0. The van der Waals surface area contributed by atoms with Gasteiger partial charge in [0.05, 0.1) is 0 Å². The number of hydrogen-bond donors (Lipinski definition) is 4. The first-order valence-corrected chi connectivity index (χ1v) is 9.58. The lowest BCUT2D eigenvalue weighted by Crippen LogP contribution is -2.22. The van der Waals surface area contributed by atoms with E-state index in [-0.39, 0.29) is 17.6 Å². The summed E-state index contributed by atoms with van der Waals surface area (Å²) in [5.74, 6) is -0.222. The second-order valence-corrected chi connectivity index (χ2v) is 6.98. The summed E-state index contributed by atoms with van der Waals surface area (Å²) in [6, 6.07) is 22.5. The number of benzene rings is 3. The zero-order valence-corrected chi connectivity index (χ0v) is 16.7. The van der Waals surface area contributed by atoms with Crippen molar-refractivity contribution in [2.24, 2.45) is 5.73 Å². The van der Waals surface area contributed by atoms with Crippen LogP contribution < -0.4 is 16.4 Å². The number of carbonyl (C=O) groups excluding carboxylic acids is 2. The van der Waals surface area contributed by atoms with E-state index < -0.39 is 0 Å². The molecular formula is C24H24N4O2. The lowest BCUT2D eigenvalue weighted by Gasteiger charge is -2.09. The van der Waals surface area contributed by atoms with Gasteiger partial charge in [-0.3, -0.25) is 15.0 Å². The zero-order valence-electron chi connectivity index (χ0n) is 16.7. The van der Waals surface area contributed by atoms with Gasteiger partial charge in [0.2, 0.25) is 5.91 Å². The molecule has 0 saturated carbocycles. The molecule has 30 heavy (non-hydrogen) atoms. The average Bonchev–Trinajstić information content (AvgIpc) is 2.76. The van der Waals surface area contributed by atoms with Gasteiger partial charge in [-0.1, -0.05) is 54.6 Å². The molecule has 5 N–H and O–H groups in total. The van der Waals surface area contributed by atoms with Crippen LogP contribution in [-0.4, -0.2) is 17.6 Å². The Kier molecular flexibility index (Phi) is 6.60. The van der Waals surface area contributed by atoms with Crippen molar-refractivity contribution >= 4 is 17.6 Å². The van der Waals surface area contributed by atoms with Crippen LogP contribution in [0.1, 0.15) is 34.0 Å². The largest absolute Gasteiger partial charge is 0.384 e. The van der Waals surface area contributed by atoms with Crippen LogP contribution in [0.4, 0.5) is 0 Å². The van der Waals surface area contributed by atoms with Gasteiger partial charge < -0.3 is 16.4 Å². The molecule has 0 fully saturated rings. The van der Waals surface area contributed by atoms with Crippen molar-refractivity contribution in [3.05, 3.63) is 95.1 Å². The van der Waals surface area contributed by atoms with Crippen molar-refractivity contribution in [3.8, 4) is 11.1 Å². The molecule has 2 amide bonds. The fourth-order valence-corrected chi connectivity index (χ4v) is 3.01. The first-order valence-electron chi connectivity index (χ1n) is 9.58. The maximum atomic E-state index is 12.6. The second-order valence-electron chi connectivity index (χ2n) is 6.98. The number of rotatable bonds is 7. The van der Waals surface area contributed by atoms with Crippen molar-refractivity contribution in [3.63, 3.8) is 0 Å². The normalized spacial score (nSPS) is 10.3. The third-order valence-electron chi connectivity index (χ3n) is 4.64. The second kappa shape index (κ2) is 9.52. The quantitative estimate of drug-likeness (QED) is 0.361. The van der Waals surface area contributed by atoms with Crippen LogP contribution >= 0.6 is 0 Å². The van der Waals surface area contributed by atoms with E-state index in [2.05, 4.69) is 10.6 Å². The fraction of sp³-hybridized carbons (Fsp3) is 0.125. The van der Waals surface area contributed by atoms with Crippen LogP contribution in [0.15, 0.2) is 72.8 Å². The number of carbonyl (C=O) groups is 2. The maximum absolute atomic E-state index is 12.6. The first-order chi connectivity index (χ1) is 14.4. The predicted molar refractivity (Wildman–Crippen MR) is 118 cm³/mol. The van der Waals surface area contributed by atoms with Gasteiger partial charge in [0.15, 0.2) is 0 Å². The third kappa shape index (κ3) is 5.54. The fourth-order valence-electron chi connectivity index (χ4n) is 3.01. The molecule has 0 aliphatic carbocycles. The van der Waals surface area contributed by atoms with E-state index in [1.165, 1.54) is 6.92 Å². The van der Waals surface area contributed by atoms with Crippen LogP contribution in [0.2, 0.25) is 0 Å². The SMILES string of the molecule is CC(=O)NCc1cccc(-c2cccc(C(=O)NCc3ccc(C(=N)N)cc3)c2)c1. The van der Waals surface area contributed by atoms with E-state index in [1.54, 1.807) is 18.2 Å². The summed E-state index contributed by atoms with van der Waals surface area (Å²) in [5.41, 5.74) is 10.5. The molecule has 0 aliphatic rings. The number of amides is 2. The summed E-state index contributed by atoms with van der Waals surface area (Å²) < 4.78 is 0. The third-order valence-corrected chi connectivity index (χ3v) is 4.64. The van der Waals surface area contributed by atoms with E-state index in [9.17, 15) is 9.59 Å². The molecule has 0 aromatic heterocycles. The Labute approximate surface area is 175 Å². The van der Waals surface area contributed by atoms with Crippen molar-refractivity contribution in [2.75, 3.05) is 0 Å². The van der Waals surface area contributed by atoms with Gasteiger partial charge in [-0.05, 0) is 40.5 Å². The van der Waals surface area contributed by atoms with Gasteiger partial charge in [0.25, 0.3) is 5.91 Å². The monoisotopic (exact) mass is 400 g/mol. The molecule has 6 heteroatoms. The Bertz CT molecular complexity index is 1070. The van der Waals surface area contributed by atoms with Crippen LogP contribution in [-0.2, 0) is 17.9 Å². The number of nitrogens with one attached hydrogen (secondary N) is 3. The van der Waals surface area contributed by atoms with Crippen molar-refractivity contribution in [1.82, 2.24) is 10.6 Å². The topological polar surface area (TPSA) is 108 Å². The highest BCUT2D eigenvalue weighted by Crippen LogP contribution is 2.22. The maximum Gasteiger partial charge on any atom is 0.251 e. The van der Waals surface area contributed by atoms with E-state index >= 15 is 0 Å². The van der Waals surface area contributed by atoms with Crippen LogP contribution in [0.5, 0.6) is 0 Å². The molecule has 0 unspecified atom stereocenters.